The highest BCUT2D eigenvalue weighted by molar-refractivity contribution is 6.07. The number of nitrogens with one attached hydrogen (secondary N) is 1. The quantitative estimate of drug-likeness (QED) is 0.468. The Labute approximate surface area is 165 Å². The molecule has 9 nitrogen and oxygen atoms in total. The molecule has 0 atom stereocenters. The average molecular weight is 400 g/mol. The van der Waals surface area contributed by atoms with Crippen LogP contribution in [0, 0.1) is 0 Å². The van der Waals surface area contributed by atoms with Crippen molar-refractivity contribution in [3.8, 4) is 22.6 Å². The third-order valence-corrected chi connectivity index (χ3v) is 4.02. The maximum Gasteiger partial charge on any atom is 0.342 e. The maximum absolute atomic E-state index is 12.2. The molecule has 1 heterocycles. The first-order valence-electron chi connectivity index (χ1n) is 8.34. The number of aromatic nitrogens is 1. The zero-order valence-electron chi connectivity index (χ0n) is 15.7. The molecule has 5 N–H and O–H groups in total. The Hall–Kier alpha value is -4.01. The summed E-state index contributed by atoms with van der Waals surface area (Å²) in [5, 5.41) is 19.1. The number of hydrogen-bond acceptors (Lipinski definition) is 6. The molecule has 1 aromatic heterocycles. The van der Waals surface area contributed by atoms with Crippen LogP contribution in [0.4, 0.5) is 5.82 Å². The number of allylic oxidation sites excluding steroid dienone is 1. The third kappa shape index (κ3) is 4.13. The van der Waals surface area contributed by atoms with Crippen molar-refractivity contribution in [2.75, 3.05) is 19.5 Å². The number of carboxylic acids is 2. The smallest absolute Gasteiger partial charge is 0.342 e. The van der Waals surface area contributed by atoms with Crippen molar-refractivity contribution in [1.29, 1.82) is 0 Å². The fourth-order valence-corrected chi connectivity index (χ4v) is 2.90. The van der Waals surface area contributed by atoms with Gasteiger partial charge in [0.2, 0.25) is 0 Å². The lowest BCUT2D eigenvalue weighted by Crippen LogP contribution is -2.24. The lowest BCUT2D eigenvalue weighted by Gasteiger charge is -2.18. The number of pyridine rings is 1. The number of nitrogen functional groups attached to an aromatic ring is 1. The van der Waals surface area contributed by atoms with Crippen molar-refractivity contribution in [2.45, 2.75) is 6.42 Å². The normalized spacial score (nSPS) is 10.2. The van der Waals surface area contributed by atoms with Gasteiger partial charge in [0.15, 0.2) is 11.5 Å². The SMILES string of the molecule is C=CCOc1c(CC=C)cc(-c2c(C(=O)O)c(N)[nH]c(=O)c2C(=O)O)cc1OC. The van der Waals surface area contributed by atoms with Gasteiger partial charge in [-0.05, 0) is 24.1 Å². The van der Waals surface area contributed by atoms with Crippen LogP contribution in [0.1, 0.15) is 26.3 Å². The molecular formula is C20H20N2O7. The second-order valence-corrected chi connectivity index (χ2v) is 5.86. The minimum Gasteiger partial charge on any atom is -0.493 e. The van der Waals surface area contributed by atoms with Gasteiger partial charge in [0.05, 0.1) is 7.11 Å². The summed E-state index contributed by atoms with van der Waals surface area (Å²) in [6.45, 7) is 7.44. The number of benzene rings is 1. The van der Waals surface area contributed by atoms with Gasteiger partial charge < -0.3 is 30.4 Å². The van der Waals surface area contributed by atoms with Gasteiger partial charge in [-0.25, -0.2) is 9.59 Å². The zero-order valence-corrected chi connectivity index (χ0v) is 15.7. The van der Waals surface area contributed by atoms with E-state index in [0.717, 1.165) is 0 Å². The van der Waals surface area contributed by atoms with Crippen molar-refractivity contribution < 1.29 is 29.3 Å². The zero-order chi connectivity index (χ0) is 21.7. The summed E-state index contributed by atoms with van der Waals surface area (Å²) in [5.41, 5.74) is 3.71. The first-order valence-corrected chi connectivity index (χ1v) is 8.34. The van der Waals surface area contributed by atoms with E-state index in [1.807, 2.05) is 0 Å². The predicted octanol–water partition coefficient (Wildman–Crippen LogP) is 2.32. The number of nitrogens with two attached hydrogens (primary N) is 1. The summed E-state index contributed by atoms with van der Waals surface area (Å²) < 4.78 is 11.0. The molecule has 0 unspecified atom stereocenters. The van der Waals surface area contributed by atoms with Crippen molar-refractivity contribution in [3.05, 3.63) is 64.5 Å². The lowest BCUT2D eigenvalue weighted by molar-refractivity contribution is 0.0695. The Morgan fingerprint density at radius 2 is 1.83 bits per heavy atom. The van der Waals surface area contributed by atoms with Crippen LogP contribution in [0.2, 0.25) is 0 Å². The van der Waals surface area contributed by atoms with E-state index >= 15 is 0 Å². The monoisotopic (exact) mass is 400 g/mol. The van der Waals surface area contributed by atoms with Gasteiger partial charge >= 0.3 is 11.9 Å². The van der Waals surface area contributed by atoms with Crippen LogP contribution in [0.5, 0.6) is 11.5 Å². The van der Waals surface area contributed by atoms with Crippen molar-refractivity contribution in [3.63, 3.8) is 0 Å². The van der Waals surface area contributed by atoms with Crippen LogP contribution in [-0.4, -0.2) is 40.9 Å². The van der Waals surface area contributed by atoms with E-state index in [2.05, 4.69) is 18.1 Å². The number of aromatic carboxylic acids is 2. The average Bonchev–Trinajstić information content (AvgIpc) is 2.65. The van der Waals surface area contributed by atoms with Crippen LogP contribution >= 0.6 is 0 Å². The minimum atomic E-state index is -1.60. The van der Waals surface area contributed by atoms with Crippen molar-refractivity contribution >= 4 is 17.8 Å². The fraction of sp³-hybridized carbons (Fsp3) is 0.150. The number of H-pyrrole nitrogens is 1. The van der Waals surface area contributed by atoms with Crippen LogP contribution in [-0.2, 0) is 6.42 Å². The molecule has 2 aromatic rings. The number of hydrogen-bond donors (Lipinski definition) is 4. The van der Waals surface area contributed by atoms with Crippen molar-refractivity contribution in [1.82, 2.24) is 4.98 Å². The molecule has 0 aliphatic carbocycles. The van der Waals surface area contributed by atoms with Crippen LogP contribution in [0.15, 0.2) is 42.2 Å². The third-order valence-electron chi connectivity index (χ3n) is 4.02. The lowest BCUT2D eigenvalue weighted by atomic mass is 9.93. The van der Waals surface area contributed by atoms with Gasteiger partial charge in [0, 0.05) is 11.1 Å². The maximum atomic E-state index is 12.2. The summed E-state index contributed by atoms with van der Waals surface area (Å²) in [6, 6.07) is 2.90. The van der Waals surface area contributed by atoms with Crippen LogP contribution in [0.25, 0.3) is 11.1 Å². The number of methoxy groups -OCH3 is 1. The molecule has 0 spiro atoms. The molecule has 0 fully saturated rings. The molecule has 9 heteroatoms. The second-order valence-electron chi connectivity index (χ2n) is 5.86. The van der Waals surface area contributed by atoms with Gasteiger partial charge in [0.25, 0.3) is 5.56 Å². The van der Waals surface area contributed by atoms with E-state index in [0.29, 0.717) is 17.7 Å². The van der Waals surface area contributed by atoms with Gasteiger partial charge in [0.1, 0.15) is 23.6 Å². The van der Waals surface area contributed by atoms with Gasteiger partial charge in [-0.1, -0.05) is 18.7 Å². The summed E-state index contributed by atoms with van der Waals surface area (Å²) in [4.78, 5) is 37.8. The molecule has 0 saturated heterocycles. The van der Waals surface area contributed by atoms with Gasteiger partial charge in [-0.2, -0.15) is 0 Å². The second kappa shape index (κ2) is 8.79. The number of rotatable bonds is 9. The molecule has 0 amide bonds. The highest BCUT2D eigenvalue weighted by Crippen LogP contribution is 2.39. The Balaban J connectivity index is 2.97. The van der Waals surface area contributed by atoms with Crippen LogP contribution < -0.4 is 20.8 Å². The Bertz CT molecular complexity index is 1050. The van der Waals surface area contributed by atoms with Crippen molar-refractivity contribution in [2.24, 2.45) is 0 Å². The number of ether oxygens (including phenoxy) is 2. The van der Waals surface area contributed by atoms with Gasteiger partial charge in [-0.15, -0.1) is 6.58 Å². The molecule has 29 heavy (non-hydrogen) atoms. The van der Waals surface area contributed by atoms with E-state index in [1.165, 1.54) is 25.3 Å². The summed E-state index contributed by atoms with van der Waals surface area (Å²) >= 11 is 0. The summed E-state index contributed by atoms with van der Waals surface area (Å²) in [6.07, 6.45) is 3.43. The standard InChI is InChI=1S/C20H20N2O7/c1-4-6-10-8-11(9-12(28-3)16(10)29-7-5-2)13-14(19(24)25)17(21)22-18(23)15(13)20(26)27/h4-5,8-9H,1-2,6-7H2,3H3,(H,24,25)(H,26,27)(H3,21,22,23). The number of anilines is 1. The molecular weight excluding hydrogens is 380 g/mol. The number of carboxylic acid groups (broad SMARTS) is 2. The number of aromatic amines is 1. The Morgan fingerprint density at radius 3 is 2.34 bits per heavy atom. The molecule has 0 aliphatic rings. The first kappa shape index (κ1) is 21.3. The van der Waals surface area contributed by atoms with Gasteiger partial charge in [-0.3, -0.25) is 4.79 Å². The largest absolute Gasteiger partial charge is 0.493 e. The predicted molar refractivity (Wildman–Crippen MR) is 107 cm³/mol. The molecule has 0 bridgehead atoms. The summed E-state index contributed by atoms with van der Waals surface area (Å²) in [7, 11) is 1.37. The highest BCUT2D eigenvalue weighted by atomic mass is 16.5. The van der Waals surface area contributed by atoms with E-state index in [4.69, 9.17) is 15.2 Å². The molecule has 2 rings (SSSR count). The molecule has 152 valence electrons. The van der Waals surface area contributed by atoms with E-state index in [1.54, 1.807) is 6.08 Å². The fourth-order valence-electron chi connectivity index (χ4n) is 2.90. The van der Waals surface area contributed by atoms with E-state index in [9.17, 15) is 24.6 Å². The van der Waals surface area contributed by atoms with E-state index < -0.39 is 34.4 Å². The molecule has 1 aromatic carbocycles. The Morgan fingerprint density at radius 1 is 1.17 bits per heavy atom. The summed E-state index contributed by atoms with van der Waals surface area (Å²) in [5.74, 6) is -2.97. The topological polar surface area (TPSA) is 152 Å². The highest BCUT2D eigenvalue weighted by Gasteiger charge is 2.28. The Kier molecular flexibility index (Phi) is 6.45. The number of carbonyl (C=O) groups is 2. The molecule has 0 radical (unpaired) electrons. The first-order chi connectivity index (χ1) is 13.8. The van der Waals surface area contributed by atoms with E-state index in [-0.39, 0.29) is 23.5 Å². The molecule has 0 aliphatic heterocycles. The van der Waals surface area contributed by atoms with Crippen LogP contribution in [0.3, 0.4) is 0 Å². The minimum absolute atomic E-state index is 0.122. The molecule has 0 saturated carbocycles.